The van der Waals surface area contributed by atoms with Crippen LogP contribution in [0.2, 0.25) is 0 Å². The first-order chi connectivity index (χ1) is 9.06. The van der Waals surface area contributed by atoms with Crippen LogP contribution >= 0.6 is 0 Å². The van der Waals surface area contributed by atoms with Gasteiger partial charge in [0, 0.05) is 23.1 Å². The number of carbonyl (C=O) groups is 1. The Morgan fingerprint density at radius 2 is 1.84 bits per heavy atom. The molecule has 1 aromatic heterocycles. The highest BCUT2D eigenvalue weighted by Gasteiger charge is 2.19. The number of carboxylic acids is 1. The van der Waals surface area contributed by atoms with Gasteiger partial charge in [-0.1, -0.05) is 23.8 Å². The molecule has 2 aromatic rings. The Labute approximate surface area is 112 Å². The minimum Gasteiger partial charge on any atom is -0.479 e. The van der Waals surface area contributed by atoms with Gasteiger partial charge in [0.15, 0.2) is 6.04 Å². The van der Waals surface area contributed by atoms with Crippen LogP contribution in [-0.2, 0) is 4.79 Å². The van der Waals surface area contributed by atoms with Crippen molar-refractivity contribution in [2.24, 2.45) is 0 Å². The van der Waals surface area contributed by atoms with E-state index in [1.54, 1.807) is 12.3 Å². The molecule has 1 unspecified atom stereocenters. The smallest absolute Gasteiger partial charge is 0.330 e. The van der Waals surface area contributed by atoms with Crippen molar-refractivity contribution in [3.05, 3.63) is 59.4 Å². The minimum absolute atomic E-state index is 0.638. The van der Waals surface area contributed by atoms with Crippen LogP contribution in [0, 0.1) is 13.8 Å². The third-order valence-electron chi connectivity index (χ3n) is 2.88. The number of nitrogens with zero attached hydrogens (tertiary/aromatic N) is 1. The standard InChI is InChI=1S/C15H16N2O2/c1-10-3-7-13(8-4-10)17-14(15(18)19)12-6-5-11(2)16-9-12/h3-9,14,17H,1-2H3,(H,18,19). The summed E-state index contributed by atoms with van der Waals surface area (Å²) in [6.45, 7) is 3.86. The van der Waals surface area contributed by atoms with E-state index in [0.717, 1.165) is 16.9 Å². The molecule has 1 atom stereocenters. The van der Waals surface area contributed by atoms with E-state index in [0.29, 0.717) is 5.56 Å². The lowest BCUT2D eigenvalue weighted by Crippen LogP contribution is -2.20. The van der Waals surface area contributed by atoms with Crippen molar-refractivity contribution in [3.8, 4) is 0 Å². The Morgan fingerprint density at radius 3 is 2.37 bits per heavy atom. The van der Waals surface area contributed by atoms with Gasteiger partial charge in [-0.25, -0.2) is 4.79 Å². The third-order valence-corrected chi connectivity index (χ3v) is 2.88. The van der Waals surface area contributed by atoms with Gasteiger partial charge in [-0.2, -0.15) is 0 Å². The first-order valence-corrected chi connectivity index (χ1v) is 6.05. The summed E-state index contributed by atoms with van der Waals surface area (Å²) in [6, 6.07) is 10.4. The summed E-state index contributed by atoms with van der Waals surface area (Å²) >= 11 is 0. The fourth-order valence-corrected chi connectivity index (χ4v) is 1.75. The van der Waals surface area contributed by atoms with E-state index >= 15 is 0 Å². The highest BCUT2D eigenvalue weighted by atomic mass is 16.4. The monoisotopic (exact) mass is 256 g/mol. The number of anilines is 1. The topological polar surface area (TPSA) is 62.2 Å². The average molecular weight is 256 g/mol. The number of aliphatic carboxylic acids is 1. The maximum absolute atomic E-state index is 11.4. The summed E-state index contributed by atoms with van der Waals surface area (Å²) in [4.78, 5) is 15.5. The van der Waals surface area contributed by atoms with Gasteiger partial charge in [0.1, 0.15) is 0 Å². The lowest BCUT2D eigenvalue weighted by atomic mass is 10.1. The Morgan fingerprint density at radius 1 is 1.16 bits per heavy atom. The summed E-state index contributed by atoms with van der Waals surface area (Å²) in [6.07, 6.45) is 1.59. The second kappa shape index (κ2) is 5.52. The van der Waals surface area contributed by atoms with E-state index in [4.69, 9.17) is 0 Å². The van der Waals surface area contributed by atoms with Crippen molar-refractivity contribution < 1.29 is 9.90 Å². The zero-order chi connectivity index (χ0) is 13.8. The van der Waals surface area contributed by atoms with Gasteiger partial charge < -0.3 is 10.4 Å². The van der Waals surface area contributed by atoms with Gasteiger partial charge in [-0.15, -0.1) is 0 Å². The van der Waals surface area contributed by atoms with Crippen molar-refractivity contribution in [1.82, 2.24) is 4.98 Å². The van der Waals surface area contributed by atoms with Gasteiger partial charge in [0.2, 0.25) is 0 Å². The van der Waals surface area contributed by atoms with Gasteiger partial charge in [0.25, 0.3) is 0 Å². The highest BCUT2D eigenvalue weighted by molar-refractivity contribution is 5.79. The van der Waals surface area contributed by atoms with Crippen molar-refractivity contribution in [2.75, 3.05) is 5.32 Å². The molecular weight excluding hydrogens is 240 g/mol. The number of nitrogens with one attached hydrogen (secondary N) is 1. The molecule has 0 saturated heterocycles. The number of benzene rings is 1. The average Bonchev–Trinajstić information content (AvgIpc) is 2.39. The quantitative estimate of drug-likeness (QED) is 0.882. The fraction of sp³-hybridized carbons (Fsp3) is 0.200. The minimum atomic E-state index is -0.925. The van der Waals surface area contributed by atoms with E-state index in [1.165, 1.54) is 0 Å². The summed E-state index contributed by atoms with van der Waals surface area (Å²) in [5.41, 5.74) is 3.41. The van der Waals surface area contributed by atoms with Crippen LogP contribution in [0.3, 0.4) is 0 Å². The maximum atomic E-state index is 11.4. The molecule has 0 aliphatic carbocycles. The van der Waals surface area contributed by atoms with E-state index < -0.39 is 12.0 Å². The lowest BCUT2D eigenvalue weighted by Gasteiger charge is -2.16. The van der Waals surface area contributed by atoms with Gasteiger partial charge in [0.05, 0.1) is 0 Å². The summed E-state index contributed by atoms with van der Waals surface area (Å²) in [5.74, 6) is -0.925. The molecule has 2 N–H and O–H groups in total. The number of pyridine rings is 1. The Bertz CT molecular complexity index is 562. The molecule has 98 valence electrons. The van der Waals surface area contributed by atoms with Crippen molar-refractivity contribution in [3.63, 3.8) is 0 Å². The van der Waals surface area contributed by atoms with E-state index in [1.807, 2.05) is 44.2 Å². The molecule has 0 fully saturated rings. The first-order valence-electron chi connectivity index (χ1n) is 6.05. The predicted molar refractivity (Wildman–Crippen MR) is 74.2 cm³/mol. The number of aromatic nitrogens is 1. The molecule has 0 bridgehead atoms. The summed E-state index contributed by atoms with van der Waals surface area (Å²) in [5, 5.41) is 12.3. The normalized spacial score (nSPS) is 11.9. The maximum Gasteiger partial charge on any atom is 0.330 e. The Balaban J connectivity index is 2.23. The summed E-state index contributed by atoms with van der Waals surface area (Å²) in [7, 11) is 0. The Hall–Kier alpha value is -2.36. The first kappa shape index (κ1) is 13.1. The van der Waals surface area contributed by atoms with Crippen LogP contribution in [0.5, 0.6) is 0 Å². The molecule has 0 aliphatic rings. The molecule has 1 heterocycles. The van der Waals surface area contributed by atoms with Crippen LogP contribution in [-0.4, -0.2) is 16.1 Å². The molecule has 19 heavy (non-hydrogen) atoms. The van der Waals surface area contributed by atoms with Gasteiger partial charge >= 0.3 is 5.97 Å². The molecule has 0 spiro atoms. The third kappa shape index (κ3) is 3.31. The number of hydrogen-bond acceptors (Lipinski definition) is 3. The fourth-order valence-electron chi connectivity index (χ4n) is 1.75. The second-order valence-corrected chi connectivity index (χ2v) is 4.51. The number of carboxylic acid groups (broad SMARTS) is 1. The SMILES string of the molecule is Cc1ccc(NC(C(=O)O)c2ccc(C)nc2)cc1. The van der Waals surface area contributed by atoms with E-state index in [-0.39, 0.29) is 0 Å². The molecule has 0 amide bonds. The molecule has 4 nitrogen and oxygen atoms in total. The Kier molecular flexibility index (Phi) is 3.80. The molecule has 2 rings (SSSR count). The highest BCUT2D eigenvalue weighted by Crippen LogP contribution is 2.20. The molecular formula is C15H16N2O2. The molecule has 0 saturated carbocycles. The lowest BCUT2D eigenvalue weighted by molar-refractivity contribution is -0.138. The zero-order valence-electron chi connectivity index (χ0n) is 10.9. The van der Waals surface area contributed by atoms with Crippen LogP contribution in [0.1, 0.15) is 22.9 Å². The predicted octanol–water partition coefficient (Wildman–Crippen LogP) is 2.94. The van der Waals surface area contributed by atoms with Crippen molar-refractivity contribution in [1.29, 1.82) is 0 Å². The van der Waals surface area contributed by atoms with Crippen LogP contribution in [0.25, 0.3) is 0 Å². The van der Waals surface area contributed by atoms with E-state index in [2.05, 4.69) is 10.3 Å². The van der Waals surface area contributed by atoms with Crippen molar-refractivity contribution >= 4 is 11.7 Å². The van der Waals surface area contributed by atoms with E-state index in [9.17, 15) is 9.90 Å². The molecule has 0 radical (unpaired) electrons. The van der Waals surface area contributed by atoms with Crippen LogP contribution < -0.4 is 5.32 Å². The van der Waals surface area contributed by atoms with Crippen molar-refractivity contribution in [2.45, 2.75) is 19.9 Å². The largest absolute Gasteiger partial charge is 0.479 e. The molecule has 1 aromatic carbocycles. The number of aryl methyl sites for hydroxylation is 2. The number of rotatable bonds is 4. The van der Waals surface area contributed by atoms with Gasteiger partial charge in [-0.05, 0) is 32.0 Å². The van der Waals surface area contributed by atoms with Gasteiger partial charge in [-0.3, -0.25) is 4.98 Å². The molecule has 4 heteroatoms. The second-order valence-electron chi connectivity index (χ2n) is 4.51. The molecule has 0 aliphatic heterocycles. The summed E-state index contributed by atoms with van der Waals surface area (Å²) < 4.78 is 0. The van der Waals surface area contributed by atoms with Crippen LogP contribution in [0.15, 0.2) is 42.6 Å². The number of hydrogen-bond donors (Lipinski definition) is 2. The zero-order valence-corrected chi connectivity index (χ0v) is 10.9. The van der Waals surface area contributed by atoms with Crippen LogP contribution in [0.4, 0.5) is 5.69 Å².